The number of amides is 2. The average molecular weight is 793 g/mol. The lowest BCUT2D eigenvalue weighted by atomic mass is 10.1. The van der Waals surface area contributed by atoms with Crippen molar-refractivity contribution >= 4 is 23.8 Å². The SMILES string of the molecule is CC/C=C\C/C=C\C/C=C\C/C=C\C/C=C\C/C=C\C/C=C\CCCC(=O)OC(/C=C\CCCCCCC)CCCCCCC(=O)NCC(=O)NC(CO)C(=O)O. The number of esters is 1. The molecule has 9 heteroatoms. The highest BCUT2D eigenvalue weighted by molar-refractivity contribution is 5.87. The van der Waals surface area contributed by atoms with Crippen molar-refractivity contribution in [2.75, 3.05) is 13.2 Å². The summed E-state index contributed by atoms with van der Waals surface area (Å²) in [6, 6.07) is -1.40. The largest absolute Gasteiger partial charge is 0.480 e. The predicted molar refractivity (Wildman–Crippen MR) is 236 cm³/mol. The fourth-order valence-corrected chi connectivity index (χ4v) is 5.49. The zero-order valence-corrected chi connectivity index (χ0v) is 35.3. The van der Waals surface area contributed by atoms with Crippen molar-refractivity contribution in [1.82, 2.24) is 10.6 Å². The normalized spacial score (nSPS) is 13.5. The number of ether oxygens (including phenoxy) is 1. The molecule has 0 aliphatic rings. The van der Waals surface area contributed by atoms with E-state index < -0.39 is 24.5 Å². The van der Waals surface area contributed by atoms with Crippen LogP contribution in [0.5, 0.6) is 0 Å². The number of allylic oxidation sites excluding steroid dienone is 15. The molecule has 0 saturated heterocycles. The van der Waals surface area contributed by atoms with Gasteiger partial charge in [-0.1, -0.05) is 144 Å². The van der Waals surface area contributed by atoms with Crippen LogP contribution in [0.25, 0.3) is 0 Å². The van der Waals surface area contributed by atoms with Crippen molar-refractivity contribution in [2.24, 2.45) is 0 Å². The van der Waals surface area contributed by atoms with Crippen LogP contribution in [0, 0.1) is 0 Å². The van der Waals surface area contributed by atoms with E-state index in [2.05, 4.69) is 116 Å². The molecule has 0 aliphatic carbocycles. The highest BCUT2D eigenvalue weighted by Crippen LogP contribution is 2.14. The molecule has 0 saturated carbocycles. The number of aliphatic hydroxyl groups is 1. The number of aliphatic hydroxyl groups excluding tert-OH is 1. The van der Waals surface area contributed by atoms with Crippen LogP contribution < -0.4 is 10.6 Å². The Bertz CT molecular complexity index is 1280. The van der Waals surface area contributed by atoms with E-state index in [1.165, 1.54) is 25.7 Å². The summed E-state index contributed by atoms with van der Waals surface area (Å²) >= 11 is 0. The predicted octanol–water partition coefficient (Wildman–Crippen LogP) is 10.6. The highest BCUT2D eigenvalue weighted by Gasteiger charge is 2.18. The maximum Gasteiger partial charge on any atom is 0.328 e. The fraction of sp³-hybridized carbons (Fsp3) is 0.583. The quantitative estimate of drug-likeness (QED) is 0.0279. The van der Waals surface area contributed by atoms with Crippen LogP contribution in [0.4, 0.5) is 0 Å². The van der Waals surface area contributed by atoms with Gasteiger partial charge in [-0.3, -0.25) is 14.4 Å². The number of hydrogen-bond donors (Lipinski definition) is 4. The van der Waals surface area contributed by atoms with Gasteiger partial charge in [-0.05, 0) is 96.0 Å². The van der Waals surface area contributed by atoms with Crippen molar-refractivity contribution in [3.8, 4) is 0 Å². The molecule has 0 aromatic carbocycles. The first-order chi connectivity index (χ1) is 27.8. The highest BCUT2D eigenvalue weighted by atomic mass is 16.5. The molecule has 2 atom stereocenters. The van der Waals surface area contributed by atoms with Gasteiger partial charge >= 0.3 is 11.9 Å². The van der Waals surface area contributed by atoms with E-state index in [0.29, 0.717) is 12.8 Å². The minimum absolute atomic E-state index is 0.174. The lowest BCUT2D eigenvalue weighted by Gasteiger charge is -2.15. The standard InChI is InChI=1S/C48H76N2O7/c1-3-5-7-9-11-12-13-14-15-16-17-18-19-20-21-22-23-24-25-26-28-30-36-40-47(54)57-43(37-33-29-27-10-8-6-4-2)38-34-31-32-35-39-45(52)49-41-46(53)50-44(42-51)48(55)56/h5,7,11-12,14-15,17-18,20-21,23-24,26,28,33,37,43-44,51H,3-4,6,8-10,13,16,19,22,25,27,29-32,34-36,38-42H2,1-2H3,(H,49,52)(H,50,53)(H,55,56)/b7-5-,12-11-,15-14-,18-17-,21-20-,24-23-,28-26-,37-33-. The summed E-state index contributed by atoms with van der Waals surface area (Å²) in [5.41, 5.74) is 0. The van der Waals surface area contributed by atoms with Gasteiger partial charge in [-0.25, -0.2) is 4.79 Å². The number of hydrogen-bond acceptors (Lipinski definition) is 6. The van der Waals surface area contributed by atoms with Gasteiger partial charge < -0.3 is 25.6 Å². The zero-order chi connectivity index (χ0) is 41.9. The van der Waals surface area contributed by atoms with Crippen LogP contribution in [0.3, 0.4) is 0 Å². The summed E-state index contributed by atoms with van der Waals surface area (Å²) in [6.45, 7) is 3.28. The van der Waals surface area contributed by atoms with E-state index in [1.54, 1.807) is 0 Å². The molecule has 0 spiro atoms. The Morgan fingerprint density at radius 3 is 1.61 bits per heavy atom. The number of carboxylic acid groups (broad SMARTS) is 1. The first-order valence-electron chi connectivity index (χ1n) is 21.6. The maximum atomic E-state index is 12.7. The third kappa shape index (κ3) is 38.4. The Morgan fingerprint density at radius 2 is 1.07 bits per heavy atom. The van der Waals surface area contributed by atoms with Gasteiger partial charge in [0.1, 0.15) is 12.1 Å². The molecular weight excluding hydrogens is 717 g/mol. The van der Waals surface area contributed by atoms with Gasteiger partial charge in [-0.2, -0.15) is 0 Å². The molecule has 0 radical (unpaired) electrons. The van der Waals surface area contributed by atoms with E-state index in [9.17, 15) is 19.2 Å². The summed E-state index contributed by atoms with van der Waals surface area (Å²) < 4.78 is 5.86. The first kappa shape index (κ1) is 52.8. The molecule has 0 fully saturated rings. The zero-order valence-electron chi connectivity index (χ0n) is 35.3. The number of rotatable bonds is 37. The van der Waals surface area contributed by atoms with Crippen molar-refractivity contribution in [2.45, 2.75) is 167 Å². The minimum Gasteiger partial charge on any atom is -0.480 e. The number of carbonyl (C=O) groups excluding carboxylic acids is 3. The molecule has 0 aromatic rings. The Kier molecular flexibility index (Phi) is 38.3. The Balaban J connectivity index is 4.31. The van der Waals surface area contributed by atoms with E-state index in [1.807, 2.05) is 6.08 Å². The molecule has 2 amide bonds. The second-order valence-electron chi connectivity index (χ2n) is 14.0. The Morgan fingerprint density at radius 1 is 0.561 bits per heavy atom. The molecular formula is C48H76N2O7. The maximum absolute atomic E-state index is 12.7. The fourth-order valence-electron chi connectivity index (χ4n) is 5.49. The topological polar surface area (TPSA) is 142 Å². The molecule has 0 aliphatic heterocycles. The third-order valence-electron chi connectivity index (χ3n) is 8.80. The number of unbranched alkanes of at least 4 members (excludes halogenated alkanes) is 9. The van der Waals surface area contributed by atoms with Crippen molar-refractivity contribution in [1.29, 1.82) is 0 Å². The first-order valence-corrected chi connectivity index (χ1v) is 21.6. The van der Waals surface area contributed by atoms with E-state index >= 15 is 0 Å². The number of aliphatic carboxylic acids is 1. The molecule has 2 unspecified atom stereocenters. The van der Waals surface area contributed by atoms with E-state index in [4.69, 9.17) is 14.9 Å². The van der Waals surface area contributed by atoms with Crippen LogP contribution in [0.1, 0.15) is 155 Å². The Hall–Kier alpha value is -4.24. The van der Waals surface area contributed by atoms with Crippen LogP contribution in [-0.4, -0.2) is 59.3 Å². The summed E-state index contributed by atoms with van der Waals surface area (Å²) in [5, 5.41) is 22.5. The third-order valence-corrected chi connectivity index (χ3v) is 8.80. The molecule has 0 aromatic heterocycles. The summed E-state index contributed by atoms with van der Waals surface area (Å²) in [7, 11) is 0. The summed E-state index contributed by atoms with van der Waals surface area (Å²) in [6.07, 6.45) is 54.6. The van der Waals surface area contributed by atoms with Gasteiger partial charge in [0.25, 0.3) is 0 Å². The second-order valence-corrected chi connectivity index (χ2v) is 14.0. The minimum atomic E-state index is -1.40. The van der Waals surface area contributed by atoms with Gasteiger partial charge in [-0.15, -0.1) is 0 Å². The van der Waals surface area contributed by atoms with Crippen molar-refractivity contribution < 1.29 is 34.1 Å². The van der Waals surface area contributed by atoms with Crippen LogP contribution >= 0.6 is 0 Å². The van der Waals surface area contributed by atoms with Gasteiger partial charge in [0.2, 0.25) is 11.8 Å². The molecule has 0 heterocycles. The summed E-state index contributed by atoms with van der Waals surface area (Å²) in [4.78, 5) is 47.5. The van der Waals surface area contributed by atoms with E-state index in [0.717, 1.165) is 96.3 Å². The van der Waals surface area contributed by atoms with Gasteiger partial charge in [0, 0.05) is 12.8 Å². The summed E-state index contributed by atoms with van der Waals surface area (Å²) in [5.74, 6) is -2.48. The van der Waals surface area contributed by atoms with Crippen LogP contribution in [0.15, 0.2) is 97.2 Å². The van der Waals surface area contributed by atoms with E-state index in [-0.39, 0.29) is 30.9 Å². The molecule has 4 N–H and O–H groups in total. The lowest BCUT2D eigenvalue weighted by molar-refractivity contribution is -0.147. The van der Waals surface area contributed by atoms with Crippen LogP contribution in [-0.2, 0) is 23.9 Å². The number of carbonyl (C=O) groups is 4. The molecule has 320 valence electrons. The molecule has 9 nitrogen and oxygen atoms in total. The lowest BCUT2D eigenvalue weighted by Crippen LogP contribution is -2.47. The van der Waals surface area contributed by atoms with Gasteiger partial charge in [0.05, 0.1) is 13.2 Å². The monoisotopic (exact) mass is 793 g/mol. The smallest absolute Gasteiger partial charge is 0.328 e. The van der Waals surface area contributed by atoms with Crippen molar-refractivity contribution in [3.05, 3.63) is 97.2 Å². The molecule has 0 bridgehead atoms. The average Bonchev–Trinajstić information content (AvgIpc) is 3.20. The van der Waals surface area contributed by atoms with Crippen molar-refractivity contribution in [3.63, 3.8) is 0 Å². The Labute approximate surface area is 345 Å². The van der Waals surface area contributed by atoms with Gasteiger partial charge in [0.15, 0.2) is 0 Å². The second kappa shape index (κ2) is 41.4. The molecule has 0 rings (SSSR count). The van der Waals surface area contributed by atoms with Crippen LogP contribution in [0.2, 0.25) is 0 Å². The number of carboxylic acids is 1. The molecule has 57 heavy (non-hydrogen) atoms. The number of nitrogens with one attached hydrogen (secondary N) is 2.